The van der Waals surface area contributed by atoms with Crippen LogP contribution in [0, 0.1) is 0 Å². The molecule has 0 radical (unpaired) electrons. The second kappa shape index (κ2) is 6.66. The third kappa shape index (κ3) is 4.52. The van der Waals surface area contributed by atoms with Gasteiger partial charge in [-0.2, -0.15) is 13.2 Å². The second-order valence-electron chi connectivity index (χ2n) is 4.73. The van der Waals surface area contributed by atoms with Gasteiger partial charge in [0.15, 0.2) is 0 Å². The smallest absolute Gasteiger partial charge is 0.389 e. The molecule has 0 bridgehead atoms. The van der Waals surface area contributed by atoms with Crippen LogP contribution in [0.15, 0.2) is 48.5 Å². The summed E-state index contributed by atoms with van der Waals surface area (Å²) in [5.74, 6) is 0.758. The Labute approximate surface area is 122 Å². The van der Waals surface area contributed by atoms with Crippen molar-refractivity contribution in [2.75, 3.05) is 6.61 Å². The number of hydrogen-bond acceptors (Lipinski definition) is 1. The molecule has 2 aromatic carbocycles. The molecule has 4 heteroatoms. The first-order valence-electron chi connectivity index (χ1n) is 6.87. The topological polar surface area (TPSA) is 9.23 Å². The van der Waals surface area contributed by atoms with Crippen LogP contribution in [0.3, 0.4) is 0 Å². The first kappa shape index (κ1) is 15.4. The summed E-state index contributed by atoms with van der Waals surface area (Å²) in [7, 11) is 0. The lowest BCUT2D eigenvalue weighted by molar-refractivity contribution is -0.133. The molecule has 0 aliphatic carbocycles. The molecule has 0 amide bonds. The van der Waals surface area contributed by atoms with E-state index >= 15 is 0 Å². The predicted molar refractivity (Wildman–Crippen MR) is 77.4 cm³/mol. The van der Waals surface area contributed by atoms with Crippen molar-refractivity contribution in [1.82, 2.24) is 0 Å². The van der Waals surface area contributed by atoms with Gasteiger partial charge in [-0.25, -0.2) is 0 Å². The first-order valence-corrected chi connectivity index (χ1v) is 6.87. The average Bonchev–Trinajstić information content (AvgIpc) is 2.46. The summed E-state index contributed by atoms with van der Waals surface area (Å²) in [6.07, 6.45) is -4.94. The van der Waals surface area contributed by atoms with Crippen LogP contribution >= 0.6 is 0 Å². The molecule has 0 N–H and O–H groups in total. The summed E-state index contributed by atoms with van der Waals surface area (Å²) in [6, 6.07) is 14.6. The molecular formula is C17H17F3O. The fourth-order valence-corrected chi connectivity index (χ4v) is 2.19. The quantitative estimate of drug-likeness (QED) is 0.732. The maximum Gasteiger partial charge on any atom is 0.389 e. The Balaban J connectivity index is 2.22. The second-order valence-corrected chi connectivity index (χ2v) is 4.73. The van der Waals surface area contributed by atoms with E-state index in [2.05, 4.69) is 0 Å². The van der Waals surface area contributed by atoms with Gasteiger partial charge in [0.2, 0.25) is 0 Å². The summed E-state index contributed by atoms with van der Waals surface area (Å²) in [5, 5.41) is 0. The highest BCUT2D eigenvalue weighted by Crippen LogP contribution is 2.29. The molecule has 0 aliphatic rings. The Morgan fingerprint density at radius 2 is 1.62 bits per heavy atom. The molecule has 0 spiro atoms. The molecule has 0 unspecified atom stereocenters. The lowest BCUT2D eigenvalue weighted by Crippen LogP contribution is -2.09. The van der Waals surface area contributed by atoms with Gasteiger partial charge < -0.3 is 4.74 Å². The van der Waals surface area contributed by atoms with Crippen LogP contribution in [0.4, 0.5) is 13.2 Å². The van der Waals surface area contributed by atoms with Gasteiger partial charge in [-0.15, -0.1) is 0 Å². The third-order valence-electron chi connectivity index (χ3n) is 3.17. The molecule has 1 nitrogen and oxygen atoms in total. The number of halogens is 3. The van der Waals surface area contributed by atoms with Crippen LogP contribution < -0.4 is 4.74 Å². The van der Waals surface area contributed by atoms with Crippen LogP contribution in [0.25, 0.3) is 11.1 Å². The molecule has 0 atom stereocenters. The largest absolute Gasteiger partial charge is 0.494 e. The fourth-order valence-electron chi connectivity index (χ4n) is 2.19. The van der Waals surface area contributed by atoms with Crippen LogP contribution in [0.1, 0.15) is 18.9 Å². The molecule has 21 heavy (non-hydrogen) atoms. The van der Waals surface area contributed by atoms with Crippen LogP contribution in [-0.4, -0.2) is 12.8 Å². The van der Waals surface area contributed by atoms with Crippen molar-refractivity contribution in [2.45, 2.75) is 25.9 Å². The molecular weight excluding hydrogens is 277 g/mol. The van der Waals surface area contributed by atoms with Crippen LogP contribution in [0.2, 0.25) is 0 Å². The third-order valence-corrected chi connectivity index (χ3v) is 3.17. The van der Waals surface area contributed by atoms with Crippen molar-refractivity contribution in [3.05, 3.63) is 54.1 Å². The Kier molecular flexibility index (Phi) is 4.89. The molecule has 2 aromatic rings. The minimum absolute atomic E-state index is 0.00706. The molecule has 2 rings (SSSR count). The van der Waals surface area contributed by atoms with Gasteiger partial charge in [0.25, 0.3) is 0 Å². The summed E-state index contributed by atoms with van der Waals surface area (Å²) in [4.78, 5) is 0. The highest BCUT2D eigenvalue weighted by Gasteiger charge is 2.26. The van der Waals surface area contributed by atoms with E-state index in [9.17, 15) is 13.2 Å². The summed E-state index contributed by atoms with van der Waals surface area (Å²) in [5.41, 5.74) is 2.44. The standard InChI is InChI=1S/C17H17F3O/c1-2-21-15-9-7-14(8-10-15)16-6-4-3-5-13(16)11-12-17(18,19)20/h3-10H,2,11-12H2,1H3. The maximum absolute atomic E-state index is 12.4. The van der Waals surface area contributed by atoms with Gasteiger partial charge >= 0.3 is 6.18 Å². The first-order chi connectivity index (χ1) is 9.99. The van der Waals surface area contributed by atoms with Crippen molar-refractivity contribution in [2.24, 2.45) is 0 Å². The van der Waals surface area contributed by atoms with Gasteiger partial charge in [-0.3, -0.25) is 0 Å². The van der Waals surface area contributed by atoms with E-state index in [0.717, 1.165) is 16.9 Å². The monoisotopic (exact) mass is 294 g/mol. The number of alkyl halides is 3. The van der Waals surface area contributed by atoms with Crippen molar-refractivity contribution in [1.29, 1.82) is 0 Å². The van der Waals surface area contributed by atoms with Crippen molar-refractivity contribution in [3.8, 4) is 16.9 Å². The summed E-state index contributed by atoms with van der Waals surface area (Å²) in [6.45, 7) is 2.49. The molecule has 0 fully saturated rings. The zero-order valence-electron chi connectivity index (χ0n) is 11.8. The Morgan fingerprint density at radius 1 is 0.952 bits per heavy atom. The van der Waals surface area contributed by atoms with Crippen LogP contribution in [-0.2, 0) is 6.42 Å². The Bertz CT molecular complexity index is 573. The number of hydrogen-bond donors (Lipinski definition) is 0. The molecule has 0 aliphatic heterocycles. The van der Waals surface area contributed by atoms with Gasteiger partial charge in [0, 0.05) is 6.42 Å². The van der Waals surface area contributed by atoms with Crippen molar-refractivity contribution in [3.63, 3.8) is 0 Å². The SMILES string of the molecule is CCOc1ccc(-c2ccccc2CCC(F)(F)F)cc1. The summed E-state index contributed by atoms with van der Waals surface area (Å²) >= 11 is 0. The maximum atomic E-state index is 12.4. The van der Waals surface area contributed by atoms with Gasteiger partial charge in [0.1, 0.15) is 5.75 Å². The number of aryl methyl sites for hydroxylation is 1. The minimum atomic E-state index is -4.13. The number of ether oxygens (including phenoxy) is 1. The lowest BCUT2D eigenvalue weighted by atomic mass is 9.96. The van der Waals surface area contributed by atoms with E-state index < -0.39 is 12.6 Å². The van der Waals surface area contributed by atoms with Crippen LogP contribution in [0.5, 0.6) is 5.75 Å². The zero-order valence-corrected chi connectivity index (χ0v) is 11.8. The normalized spacial score (nSPS) is 11.4. The Morgan fingerprint density at radius 3 is 2.24 bits per heavy atom. The minimum Gasteiger partial charge on any atom is -0.494 e. The molecule has 112 valence electrons. The van der Waals surface area contributed by atoms with Crippen molar-refractivity contribution >= 4 is 0 Å². The van der Waals surface area contributed by atoms with E-state index in [-0.39, 0.29) is 6.42 Å². The Hall–Kier alpha value is -1.97. The van der Waals surface area contributed by atoms with E-state index in [1.807, 2.05) is 43.3 Å². The highest BCUT2D eigenvalue weighted by atomic mass is 19.4. The van der Waals surface area contributed by atoms with E-state index in [1.54, 1.807) is 12.1 Å². The lowest BCUT2D eigenvalue weighted by Gasteiger charge is -2.12. The highest BCUT2D eigenvalue weighted by molar-refractivity contribution is 5.68. The van der Waals surface area contributed by atoms with E-state index in [1.165, 1.54) is 0 Å². The molecule has 0 aromatic heterocycles. The predicted octanol–water partition coefficient (Wildman–Crippen LogP) is 5.25. The van der Waals surface area contributed by atoms with Gasteiger partial charge in [-0.05, 0) is 42.2 Å². The molecule has 0 heterocycles. The zero-order chi connectivity index (χ0) is 15.3. The average molecular weight is 294 g/mol. The van der Waals surface area contributed by atoms with Gasteiger partial charge in [-0.1, -0.05) is 36.4 Å². The number of benzene rings is 2. The summed E-state index contributed by atoms with van der Waals surface area (Å²) < 4.78 is 42.6. The van der Waals surface area contributed by atoms with E-state index in [0.29, 0.717) is 12.2 Å². The fraction of sp³-hybridized carbons (Fsp3) is 0.294. The number of rotatable bonds is 5. The van der Waals surface area contributed by atoms with Crippen molar-refractivity contribution < 1.29 is 17.9 Å². The van der Waals surface area contributed by atoms with E-state index in [4.69, 9.17) is 4.74 Å². The molecule has 0 saturated heterocycles. The van der Waals surface area contributed by atoms with Gasteiger partial charge in [0.05, 0.1) is 6.61 Å². The molecule has 0 saturated carbocycles.